The minimum absolute atomic E-state index is 0.0387. The van der Waals surface area contributed by atoms with E-state index in [1.54, 1.807) is 4.90 Å². The Balaban J connectivity index is 1.83. The first kappa shape index (κ1) is 10.8. The zero-order valence-electron chi connectivity index (χ0n) is 9.87. The molecule has 92 valence electrons. The van der Waals surface area contributed by atoms with Gasteiger partial charge in [-0.2, -0.15) is 0 Å². The normalized spacial score (nSPS) is 38.4. The predicted octanol–water partition coefficient (Wildman–Crippen LogP) is 1.13. The van der Waals surface area contributed by atoms with Crippen LogP contribution in [0.4, 0.5) is 0 Å². The lowest BCUT2D eigenvalue weighted by Gasteiger charge is -2.28. The van der Waals surface area contributed by atoms with Crippen molar-refractivity contribution < 1.29 is 14.7 Å². The summed E-state index contributed by atoms with van der Waals surface area (Å²) < 4.78 is 0. The van der Waals surface area contributed by atoms with Gasteiger partial charge in [0, 0.05) is 13.1 Å². The van der Waals surface area contributed by atoms with Crippen molar-refractivity contribution in [3.8, 4) is 0 Å². The molecule has 1 amide bonds. The minimum Gasteiger partial charge on any atom is -0.481 e. The number of carboxylic acid groups (broad SMARTS) is 1. The molecule has 3 aliphatic rings. The molecule has 2 bridgehead atoms. The Kier molecular flexibility index (Phi) is 2.28. The molecule has 0 radical (unpaired) electrons. The number of nitrogens with zero attached hydrogens (tertiary/aromatic N) is 1. The third-order valence-corrected chi connectivity index (χ3v) is 4.47. The van der Waals surface area contributed by atoms with E-state index in [-0.39, 0.29) is 23.7 Å². The van der Waals surface area contributed by atoms with E-state index in [2.05, 4.69) is 0 Å². The summed E-state index contributed by atoms with van der Waals surface area (Å²) in [5.74, 6) is -1.39. The lowest BCUT2D eigenvalue weighted by atomic mass is 9.82. The number of rotatable bonds is 3. The molecule has 3 aliphatic carbocycles. The van der Waals surface area contributed by atoms with Crippen molar-refractivity contribution >= 4 is 11.9 Å². The molecule has 2 saturated carbocycles. The summed E-state index contributed by atoms with van der Waals surface area (Å²) in [5, 5.41) is 9.29. The zero-order valence-corrected chi connectivity index (χ0v) is 9.87. The maximum absolute atomic E-state index is 12.4. The van der Waals surface area contributed by atoms with Gasteiger partial charge in [0.05, 0.1) is 11.8 Å². The molecule has 2 fully saturated rings. The van der Waals surface area contributed by atoms with Crippen LogP contribution in [0.25, 0.3) is 0 Å². The molecule has 3 rings (SSSR count). The standard InChI is InChI=1S/C13H17NO3/c1-14(9-4-5-9)12(15)10-7-2-3-8(6-7)11(10)13(16)17/h2-3,7-11H,4-6H2,1H3,(H,16,17)/t7?,8?,10-,11+/m0/s1. The second-order valence-corrected chi connectivity index (χ2v) is 5.52. The van der Waals surface area contributed by atoms with E-state index in [1.165, 1.54) is 0 Å². The van der Waals surface area contributed by atoms with Crippen molar-refractivity contribution in [2.75, 3.05) is 7.05 Å². The van der Waals surface area contributed by atoms with Crippen LogP contribution in [-0.4, -0.2) is 35.0 Å². The van der Waals surface area contributed by atoms with Gasteiger partial charge >= 0.3 is 5.97 Å². The third-order valence-electron chi connectivity index (χ3n) is 4.47. The molecule has 0 aromatic carbocycles. The Morgan fingerprint density at radius 1 is 1.18 bits per heavy atom. The van der Waals surface area contributed by atoms with E-state index < -0.39 is 11.9 Å². The predicted molar refractivity (Wildman–Crippen MR) is 61.1 cm³/mol. The van der Waals surface area contributed by atoms with Gasteiger partial charge in [-0.15, -0.1) is 0 Å². The summed E-state index contributed by atoms with van der Waals surface area (Å²) in [6, 6.07) is 0.361. The van der Waals surface area contributed by atoms with Gasteiger partial charge in [-0.05, 0) is 31.1 Å². The van der Waals surface area contributed by atoms with Crippen LogP contribution < -0.4 is 0 Å². The van der Waals surface area contributed by atoms with Crippen LogP contribution in [0.3, 0.4) is 0 Å². The van der Waals surface area contributed by atoms with Gasteiger partial charge < -0.3 is 10.0 Å². The number of hydrogen-bond donors (Lipinski definition) is 1. The first-order chi connectivity index (χ1) is 8.09. The summed E-state index contributed by atoms with van der Waals surface area (Å²) in [4.78, 5) is 25.4. The van der Waals surface area contributed by atoms with Crippen molar-refractivity contribution in [2.24, 2.45) is 23.7 Å². The number of carbonyl (C=O) groups is 2. The van der Waals surface area contributed by atoms with E-state index in [0.29, 0.717) is 6.04 Å². The highest BCUT2D eigenvalue weighted by atomic mass is 16.4. The van der Waals surface area contributed by atoms with Crippen molar-refractivity contribution in [1.82, 2.24) is 4.90 Å². The average molecular weight is 235 g/mol. The van der Waals surface area contributed by atoms with Gasteiger partial charge in [0.1, 0.15) is 0 Å². The monoisotopic (exact) mass is 235 g/mol. The Morgan fingerprint density at radius 2 is 1.76 bits per heavy atom. The molecule has 0 heterocycles. The second-order valence-electron chi connectivity index (χ2n) is 5.52. The fourth-order valence-corrected chi connectivity index (χ4v) is 3.37. The Hall–Kier alpha value is -1.32. The molecular formula is C13H17NO3. The molecular weight excluding hydrogens is 218 g/mol. The number of carboxylic acids is 1. The molecule has 0 saturated heterocycles. The lowest BCUT2D eigenvalue weighted by Crippen LogP contribution is -2.42. The highest BCUT2D eigenvalue weighted by Gasteiger charge is 2.53. The summed E-state index contributed by atoms with van der Waals surface area (Å²) in [5.41, 5.74) is 0. The van der Waals surface area contributed by atoms with Gasteiger partial charge in [0.25, 0.3) is 0 Å². The highest BCUT2D eigenvalue weighted by molar-refractivity contribution is 5.87. The van der Waals surface area contributed by atoms with E-state index >= 15 is 0 Å². The molecule has 0 aliphatic heterocycles. The highest BCUT2D eigenvalue weighted by Crippen LogP contribution is 2.49. The quantitative estimate of drug-likeness (QED) is 0.746. The molecule has 1 N–H and O–H groups in total. The summed E-state index contributed by atoms with van der Waals surface area (Å²) in [7, 11) is 1.81. The number of hydrogen-bond acceptors (Lipinski definition) is 2. The molecule has 0 aromatic rings. The fraction of sp³-hybridized carbons (Fsp3) is 0.692. The van der Waals surface area contributed by atoms with Crippen LogP contribution in [0.15, 0.2) is 12.2 Å². The average Bonchev–Trinajstić information content (AvgIpc) is 2.95. The van der Waals surface area contributed by atoms with Crippen LogP contribution in [0, 0.1) is 23.7 Å². The largest absolute Gasteiger partial charge is 0.481 e. The van der Waals surface area contributed by atoms with E-state index in [0.717, 1.165) is 19.3 Å². The van der Waals surface area contributed by atoms with Crippen LogP contribution in [0.1, 0.15) is 19.3 Å². The molecule has 4 heteroatoms. The first-order valence-electron chi connectivity index (χ1n) is 6.27. The summed E-state index contributed by atoms with van der Waals surface area (Å²) in [6.45, 7) is 0. The summed E-state index contributed by atoms with van der Waals surface area (Å²) >= 11 is 0. The van der Waals surface area contributed by atoms with Crippen molar-refractivity contribution in [3.63, 3.8) is 0 Å². The van der Waals surface area contributed by atoms with Gasteiger partial charge in [-0.1, -0.05) is 12.2 Å². The molecule has 17 heavy (non-hydrogen) atoms. The maximum Gasteiger partial charge on any atom is 0.307 e. The summed E-state index contributed by atoms with van der Waals surface area (Å²) in [6.07, 6.45) is 6.98. The van der Waals surface area contributed by atoms with Crippen molar-refractivity contribution in [1.29, 1.82) is 0 Å². The fourth-order valence-electron chi connectivity index (χ4n) is 3.37. The van der Waals surface area contributed by atoms with E-state index in [1.807, 2.05) is 19.2 Å². The Morgan fingerprint density at radius 3 is 2.29 bits per heavy atom. The molecule has 4 nitrogen and oxygen atoms in total. The maximum atomic E-state index is 12.4. The van der Waals surface area contributed by atoms with Gasteiger partial charge in [-0.3, -0.25) is 9.59 Å². The third kappa shape index (κ3) is 1.58. The van der Waals surface area contributed by atoms with Crippen LogP contribution in [-0.2, 0) is 9.59 Å². The zero-order chi connectivity index (χ0) is 12.2. The van der Waals surface area contributed by atoms with Crippen LogP contribution in [0.5, 0.6) is 0 Å². The second kappa shape index (κ2) is 3.59. The number of allylic oxidation sites excluding steroid dienone is 2. The van der Waals surface area contributed by atoms with Gasteiger partial charge in [-0.25, -0.2) is 0 Å². The number of carbonyl (C=O) groups excluding carboxylic acids is 1. The van der Waals surface area contributed by atoms with E-state index in [4.69, 9.17) is 0 Å². The SMILES string of the molecule is CN(C(=O)[C@H]1C2C=CC(C2)[C@H]1C(=O)O)C1CC1. The molecule has 0 aromatic heterocycles. The Labute approximate surface area is 100 Å². The molecule has 0 spiro atoms. The molecule has 2 unspecified atom stereocenters. The van der Waals surface area contributed by atoms with Gasteiger partial charge in [0.2, 0.25) is 5.91 Å². The minimum atomic E-state index is -0.815. The smallest absolute Gasteiger partial charge is 0.307 e. The number of aliphatic carboxylic acids is 1. The lowest BCUT2D eigenvalue weighted by molar-refractivity contribution is -0.150. The van der Waals surface area contributed by atoms with Crippen LogP contribution >= 0.6 is 0 Å². The van der Waals surface area contributed by atoms with Crippen LogP contribution in [0.2, 0.25) is 0 Å². The Bertz CT molecular complexity index is 399. The van der Waals surface area contributed by atoms with Crippen molar-refractivity contribution in [2.45, 2.75) is 25.3 Å². The van der Waals surface area contributed by atoms with E-state index in [9.17, 15) is 14.7 Å². The first-order valence-corrected chi connectivity index (χ1v) is 6.27. The number of amides is 1. The number of fused-ring (bicyclic) bond motifs is 2. The topological polar surface area (TPSA) is 57.6 Å². The molecule has 4 atom stereocenters. The van der Waals surface area contributed by atoms with Gasteiger partial charge in [0.15, 0.2) is 0 Å². The van der Waals surface area contributed by atoms with Crippen molar-refractivity contribution in [3.05, 3.63) is 12.2 Å².